The maximum absolute atomic E-state index is 6.08. The van der Waals surface area contributed by atoms with Crippen LogP contribution in [0.4, 0.5) is 11.6 Å². The van der Waals surface area contributed by atoms with E-state index in [1.165, 1.54) is 11.1 Å². The molecule has 0 saturated carbocycles. The summed E-state index contributed by atoms with van der Waals surface area (Å²) in [6, 6.07) is 8.68. The molecule has 0 unspecified atom stereocenters. The smallest absolute Gasteiger partial charge is 0.137 e. The van der Waals surface area contributed by atoms with E-state index in [1.54, 1.807) is 6.33 Å². The molecule has 0 radical (unpaired) electrons. The molecule has 21 heavy (non-hydrogen) atoms. The van der Waals surface area contributed by atoms with E-state index >= 15 is 0 Å². The molecule has 110 valence electrons. The van der Waals surface area contributed by atoms with E-state index in [2.05, 4.69) is 53.0 Å². The van der Waals surface area contributed by atoms with Gasteiger partial charge in [-0.25, -0.2) is 9.97 Å². The molecule has 1 aromatic carbocycles. The van der Waals surface area contributed by atoms with Crippen LogP contribution < -0.4 is 10.6 Å². The van der Waals surface area contributed by atoms with Crippen molar-refractivity contribution in [3.05, 3.63) is 47.3 Å². The third-order valence-electron chi connectivity index (χ3n) is 4.12. The first kappa shape index (κ1) is 13.9. The van der Waals surface area contributed by atoms with E-state index in [9.17, 15) is 0 Å². The van der Waals surface area contributed by atoms with Crippen LogP contribution in [0.25, 0.3) is 0 Å². The van der Waals surface area contributed by atoms with Crippen LogP contribution in [0.3, 0.4) is 0 Å². The van der Waals surface area contributed by atoms with Gasteiger partial charge in [-0.3, -0.25) is 0 Å². The molecule has 2 aromatic rings. The van der Waals surface area contributed by atoms with Crippen LogP contribution in [-0.2, 0) is 13.0 Å². The number of hydrogen-bond acceptors (Lipinski definition) is 4. The van der Waals surface area contributed by atoms with Gasteiger partial charge in [0.2, 0.25) is 0 Å². The highest BCUT2D eigenvalue weighted by atomic mass is 15.2. The van der Waals surface area contributed by atoms with Crippen molar-refractivity contribution >= 4 is 11.6 Å². The number of aryl methyl sites for hydroxylation is 1. The summed E-state index contributed by atoms with van der Waals surface area (Å²) < 4.78 is 0. The molecule has 1 aromatic heterocycles. The number of hydrogen-bond donors (Lipinski definition) is 1. The average Bonchev–Trinajstić information content (AvgIpc) is 2.68. The Bertz CT molecular complexity index is 636. The summed E-state index contributed by atoms with van der Waals surface area (Å²) in [6.45, 7) is 6.19. The van der Waals surface area contributed by atoms with Gasteiger partial charge in [0, 0.05) is 18.7 Å². The summed E-state index contributed by atoms with van der Waals surface area (Å²) in [4.78, 5) is 11.0. The summed E-state index contributed by atoms with van der Waals surface area (Å²) in [5, 5.41) is 0. The number of nitrogens with zero attached hydrogens (tertiary/aromatic N) is 3. The largest absolute Gasteiger partial charge is 0.383 e. The minimum absolute atomic E-state index is 0.319. The summed E-state index contributed by atoms with van der Waals surface area (Å²) in [6.07, 6.45) is 3.84. The molecule has 0 fully saturated rings. The van der Waals surface area contributed by atoms with E-state index in [4.69, 9.17) is 5.73 Å². The van der Waals surface area contributed by atoms with Gasteiger partial charge >= 0.3 is 0 Å². The lowest BCUT2D eigenvalue weighted by molar-refractivity contribution is 0.734. The van der Waals surface area contributed by atoms with Gasteiger partial charge in [-0.1, -0.05) is 38.1 Å². The van der Waals surface area contributed by atoms with Gasteiger partial charge in [-0.15, -0.1) is 0 Å². The number of anilines is 2. The number of nitrogen functional groups attached to an aromatic ring is 1. The minimum Gasteiger partial charge on any atom is -0.383 e. The second kappa shape index (κ2) is 5.72. The zero-order valence-corrected chi connectivity index (χ0v) is 12.7. The van der Waals surface area contributed by atoms with Crippen molar-refractivity contribution in [1.29, 1.82) is 0 Å². The lowest BCUT2D eigenvalue weighted by Crippen LogP contribution is -2.26. The first-order valence-corrected chi connectivity index (χ1v) is 7.59. The van der Waals surface area contributed by atoms with E-state index in [0.717, 1.165) is 37.3 Å². The molecule has 2 heterocycles. The Morgan fingerprint density at radius 3 is 2.67 bits per heavy atom. The second-order valence-electron chi connectivity index (χ2n) is 5.94. The van der Waals surface area contributed by atoms with Gasteiger partial charge < -0.3 is 10.6 Å². The van der Waals surface area contributed by atoms with Gasteiger partial charge in [0.15, 0.2) is 0 Å². The summed E-state index contributed by atoms with van der Waals surface area (Å²) in [7, 11) is 0. The molecule has 0 spiro atoms. The van der Waals surface area contributed by atoms with Crippen LogP contribution >= 0.6 is 0 Å². The predicted octanol–water partition coefficient (Wildman–Crippen LogP) is 3.14. The van der Waals surface area contributed by atoms with Crippen molar-refractivity contribution in [2.75, 3.05) is 17.2 Å². The molecule has 3 rings (SSSR count). The Kier molecular flexibility index (Phi) is 3.78. The molecule has 1 aliphatic heterocycles. The topological polar surface area (TPSA) is 55.0 Å². The van der Waals surface area contributed by atoms with E-state index < -0.39 is 0 Å². The maximum atomic E-state index is 6.08. The SMILES string of the molecule is CC(C)c1c(N)ncnc1N1CCCc2ccccc2C1. The summed E-state index contributed by atoms with van der Waals surface area (Å²) in [5.74, 6) is 1.92. The van der Waals surface area contributed by atoms with Crippen molar-refractivity contribution in [2.45, 2.75) is 39.2 Å². The van der Waals surface area contributed by atoms with Crippen LogP contribution in [0.15, 0.2) is 30.6 Å². The normalized spacial score (nSPS) is 14.9. The third kappa shape index (κ3) is 2.71. The van der Waals surface area contributed by atoms with Crippen molar-refractivity contribution < 1.29 is 0 Å². The molecule has 4 nitrogen and oxygen atoms in total. The van der Waals surface area contributed by atoms with Crippen LogP contribution in [0.1, 0.15) is 42.9 Å². The molecular weight excluding hydrogens is 260 g/mol. The van der Waals surface area contributed by atoms with Crippen molar-refractivity contribution in [1.82, 2.24) is 9.97 Å². The molecule has 0 saturated heterocycles. The number of aromatic nitrogens is 2. The molecule has 0 amide bonds. The van der Waals surface area contributed by atoms with Gasteiger partial charge in [0.05, 0.1) is 0 Å². The van der Waals surface area contributed by atoms with Crippen molar-refractivity contribution in [3.8, 4) is 0 Å². The average molecular weight is 282 g/mol. The Balaban J connectivity index is 2.00. The molecule has 2 N–H and O–H groups in total. The van der Waals surface area contributed by atoms with Crippen molar-refractivity contribution in [2.24, 2.45) is 0 Å². The Hall–Kier alpha value is -2.10. The van der Waals surface area contributed by atoms with Crippen LogP contribution in [0, 0.1) is 0 Å². The molecule has 0 aliphatic carbocycles. The predicted molar refractivity (Wildman–Crippen MR) is 86.3 cm³/mol. The molecular formula is C17H22N4. The summed E-state index contributed by atoms with van der Waals surface area (Å²) in [5.41, 5.74) is 9.99. The first-order chi connectivity index (χ1) is 10.2. The highest BCUT2D eigenvalue weighted by molar-refractivity contribution is 5.58. The Morgan fingerprint density at radius 2 is 1.90 bits per heavy atom. The second-order valence-corrected chi connectivity index (χ2v) is 5.94. The maximum Gasteiger partial charge on any atom is 0.137 e. The van der Waals surface area contributed by atoms with E-state index in [-0.39, 0.29) is 0 Å². The Labute approximate surface area is 126 Å². The van der Waals surface area contributed by atoms with Crippen LogP contribution in [0.5, 0.6) is 0 Å². The monoisotopic (exact) mass is 282 g/mol. The number of benzene rings is 1. The fourth-order valence-electron chi connectivity index (χ4n) is 3.09. The molecule has 1 aliphatic rings. The number of nitrogens with two attached hydrogens (primary N) is 1. The minimum atomic E-state index is 0.319. The van der Waals surface area contributed by atoms with Gasteiger partial charge in [0.1, 0.15) is 18.0 Å². The molecule has 4 heteroatoms. The highest BCUT2D eigenvalue weighted by Gasteiger charge is 2.21. The molecule has 0 bridgehead atoms. The van der Waals surface area contributed by atoms with Gasteiger partial charge in [-0.05, 0) is 29.9 Å². The first-order valence-electron chi connectivity index (χ1n) is 7.59. The third-order valence-corrected chi connectivity index (χ3v) is 4.12. The van der Waals surface area contributed by atoms with E-state index in [0.29, 0.717) is 11.7 Å². The standard InChI is InChI=1S/C17H22N4/c1-12(2)15-16(18)19-11-20-17(15)21-9-5-8-13-6-3-4-7-14(13)10-21/h3-4,6-7,11-12H,5,8-10H2,1-2H3,(H2,18,19,20). The number of rotatable bonds is 2. The van der Waals surface area contributed by atoms with Crippen LogP contribution in [-0.4, -0.2) is 16.5 Å². The van der Waals surface area contributed by atoms with E-state index in [1.807, 2.05) is 0 Å². The summed E-state index contributed by atoms with van der Waals surface area (Å²) >= 11 is 0. The number of fused-ring (bicyclic) bond motifs is 1. The van der Waals surface area contributed by atoms with Gasteiger partial charge in [0.25, 0.3) is 0 Å². The zero-order valence-electron chi connectivity index (χ0n) is 12.7. The fourth-order valence-corrected chi connectivity index (χ4v) is 3.09. The van der Waals surface area contributed by atoms with Gasteiger partial charge in [-0.2, -0.15) is 0 Å². The van der Waals surface area contributed by atoms with Crippen molar-refractivity contribution in [3.63, 3.8) is 0 Å². The lowest BCUT2D eigenvalue weighted by Gasteiger charge is -2.26. The Morgan fingerprint density at radius 1 is 1.14 bits per heavy atom. The van der Waals surface area contributed by atoms with Crippen LogP contribution in [0.2, 0.25) is 0 Å². The quantitative estimate of drug-likeness (QED) is 0.919. The zero-order chi connectivity index (χ0) is 14.8. The fraction of sp³-hybridized carbons (Fsp3) is 0.412. The molecule has 0 atom stereocenters. The highest BCUT2D eigenvalue weighted by Crippen LogP contribution is 2.31. The lowest BCUT2D eigenvalue weighted by atomic mass is 10.0.